The Bertz CT molecular complexity index is 651. The van der Waals surface area contributed by atoms with Crippen molar-refractivity contribution in [3.05, 3.63) is 65.5 Å². The smallest absolute Gasteiger partial charge is 0.335 e. The number of anilines is 1. The van der Waals surface area contributed by atoms with Crippen LogP contribution in [0.2, 0.25) is 0 Å². The zero-order valence-electron chi connectivity index (χ0n) is 10.8. The first-order valence-corrected chi connectivity index (χ1v) is 6.47. The van der Waals surface area contributed by atoms with Gasteiger partial charge in [0.2, 0.25) is 0 Å². The first kappa shape index (κ1) is 12.7. The molecule has 0 amide bonds. The molecular formula is C16H14FNO2. The number of carboxylic acids is 1. The van der Waals surface area contributed by atoms with Crippen molar-refractivity contribution < 1.29 is 14.3 Å². The third kappa shape index (κ3) is 2.25. The number of hydrogen-bond acceptors (Lipinski definition) is 2. The Labute approximate surface area is 116 Å². The SMILES string of the molecule is O=C(O)c1ccc(F)c(NC2(c3ccccc3)CC2)c1. The Morgan fingerprint density at radius 3 is 2.45 bits per heavy atom. The summed E-state index contributed by atoms with van der Waals surface area (Å²) in [4.78, 5) is 11.0. The minimum atomic E-state index is -1.06. The minimum absolute atomic E-state index is 0.0813. The molecular weight excluding hydrogens is 257 g/mol. The maximum atomic E-state index is 13.9. The lowest BCUT2D eigenvalue weighted by Crippen LogP contribution is -2.19. The largest absolute Gasteiger partial charge is 0.478 e. The van der Waals surface area contributed by atoms with Gasteiger partial charge in [-0.25, -0.2) is 9.18 Å². The van der Waals surface area contributed by atoms with E-state index < -0.39 is 11.8 Å². The van der Waals surface area contributed by atoms with Crippen LogP contribution in [-0.4, -0.2) is 11.1 Å². The van der Waals surface area contributed by atoms with Crippen LogP contribution in [0.1, 0.15) is 28.8 Å². The van der Waals surface area contributed by atoms with Crippen molar-refractivity contribution >= 4 is 11.7 Å². The number of benzene rings is 2. The molecule has 0 spiro atoms. The number of aromatic carboxylic acids is 1. The molecule has 0 aliphatic heterocycles. The molecule has 0 saturated heterocycles. The molecule has 0 unspecified atom stereocenters. The van der Waals surface area contributed by atoms with Crippen LogP contribution in [0.4, 0.5) is 10.1 Å². The lowest BCUT2D eigenvalue weighted by Gasteiger charge is -2.20. The monoisotopic (exact) mass is 271 g/mol. The van der Waals surface area contributed by atoms with E-state index in [4.69, 9.17) is 5.11 Å². The molecule has 2 N–H and O–H groups in total. The van der Waals surface area contributed by atoms with E-state index in [1.807, 2.05) is 30.3 Å². The number of halogens is 1. The van der Waals surface area contributed by atoms with Gasteiger partial charge in [0, 0.05) is 0 Å². The first-order chi connectivity index (χ1) is 9.61. The van der Waals surface area contributed by atoms with Gasteiger partial charge in [-0.05, 0) is 36.6 Å². The van der Waals surface area contributed by atoms with Gasteiger partial charge < -0.3 is 10.4 Å². The lowest BCUT2D eigenvalue weighted by molar-refractivity contribution is 0.0697. The van der Waals surface area contributed by atoms with E-state index in [0.717, 1.165) is 18.4 Å². The number of rotatable bonds is 4. The zero-order chi connectivity index (χ0) is 14.2. The molecule has 0 bridgehead atoms. The van der Waals surface area contributed by atoms with Crippen molar-refractivity contribution in [3.63, 3.8) is 0 Å². The quantitative estimate of drug-likeness (QED) is 0.892. The van der Waals surface area contributed by atoms with E-state index in [0.29, 0.717) is 0 Å². The predicted octanol–water partition coefficient (Wildman–Crippen LogP) is 3.63. The molecule has 0 heterocycles. The summed E-state index contributed by atoms with van der Waals surface area (Å²) in [7, 11) is 0. The van der Waals surface area contributed by atoms with Crippen LogP contribution >= 0.6 is 0 Å². The van der Waals surface area contributed by atoms with Gasteiger partial charge in [-0.3, -0.25) is 0 Å². The molecule has 0 aromatic heterocycles. The molecule has 102 valence electrons. The van der Waals surface area contributed by atoms with Gasteiger partial charge in [0.15, 0.2) is 0 Å². The molecule has 1 aliphatic rings. The number of carbonyl (C=O) groups is 1. The van der Waals surface area contributed by atoms with Gasteiger partial charge in [0.05, 0.1) is 16.8 Å². The van der Waals surface area contributed by atoms with Crippen LogP contribution in [0.3, 0.4) is 0 Å². The molecule has 0 radical (unpaired) electrons. The van der Waals surface area contributed by atoms with Crippen molar-refractivity contribution in [2.75, 3.05) is 5.32 Å². The highest BCUT2D eigenvalue weighted by Crippen LogP contribution is 2.48. The summed E-state index contributed by atoms with van der Waals surface area (Å²) in [6.07, 6.45) is 1.82. The molecule has 2 aromatic rings. The van der Waals surface area contributed by atoms with E-state index >= 15 is 0 Å². The van der Waals surface area contributed by atoms with Crippen LogP contribution in [0.15, 0.2) is 48.5 Å². The van der Waals surface area contributed by atoms with Gasteiger partial charge in [-0.2, -0.15) is 0 Å². The highest BCUT2D eigenvalue weighted by molar-refractivity contribution is 5.88. The van der Waals surface area contributed by atoms with Crippen molar-refractivity contribution in [1.82, 2.24) is 0 Å². The van der Waals surface area contributed by atoms with E-state index in [-0.39, 0.29) is 16.8 Å². The lowest BCUT2D eigenvalue weighted by atomic mass is 10.0. The maximum Gasteiger partial charge on any atom is 0.335 e. The third-order valence-electron chi connectivity index (χ3n) is 3.66. The van der Waals surface area contributed by atoms with Crippen molar-refractivity contribution in [2.24, 2.45) is 0 Å². The Morgan fingerprint density at radius 1 is 1.15 bits per heavy atom. The number of nitrogens with one attached hydrogen (secondary N) is 1. The fraction of sp³-hybridized carbons (Fsp3) is 0.188. The molecule has 3 rings (SSSR count). The van der Waals surface area contributed by atoms with E-state index in [9.17, 15) is 9.18 Å². The topological polar surface area (TPSA) is 49.3 Å². The first-order valence-electron chi connectivity index (χ1n) is 6.47. The van der Waals surface area contributed by atoms with E-state index in [1.165, 1.54) is 18.2 Å². The molecule has 4 heteroatoms. The normalized spacial score (nSPS) is 15.7. The summed E-state index contributed by atoms with van der Waals surface area (Å²) in [6, 6.07) is 13.6. The standard InChI is InChI=1S/C16H14FNO2/c17-13-7-6-11(15(19)20)10-14(13)18-16(8-9-16)12-4-2-1-3-5-12/h1-7,10,18H,8-9H2,(H,19,20). The fourth-order valence-electron chi connectivity index (χ4n) is 2.38. The van der Waals surface area contributed by atoms with Gasteiger partial charge in [-0.15, -0.1) is 0 Å². The van der Waals surface area contributed by atoms with Crippen molar-refractivity contribution in [1.29, 1.82) is 0 Å². The summed E-state index contributed by atoms with van der Waals surface area (Å²) in [5.41, 5.74) is 1.16. The summed E-state index contributed by atoms with van der Waals surface area (Å²) in [6.45, 7) is 0. The molecule has 3 nitrogen and oxygen atoms in total. The van der Waals surface area contributed by atoms with Gasteiger partial charge in [-0.1, -0.05) is 30.3 Å². The summed E-state index contributed by atoms with van der Waals surface area (Å²) in [5, 5.41) is 12.2. The number of hydrogen-bond donors (Lipinski definition) is 2. The summed E-state index contributed by atoms with van der Waals surface area (Å²) < 4.78 is 13.9. The van der Waals surface area contributed by atoms with E-state index in [1.54, 1.807) is 0 Å². The molecule has 1 fully saturated rings. The zero-order valence-corrected chi connectivity index (χ0v) is 10.8. The van der Waals surface area contributed by atoms with Crippen LogP contribution in [0.5, 0.6) is 0 Å². The van der Waals surface area contributed by atoms with Crippen LogP contribution in [0.25, 0.3) is 0 Å². The Kier molecular flexibility index (Phi) is 2.93. The third-order valence-corrected chi connectivity index (χ3v) is 3.66. The highest BCUT2D eigenvalue weighted by atomic mass is 19.1. The summed E-state index contributed by atoms with van der Waals surface area (Å²) in [5.74, 6) is -1.49. The van der Waals surface area contributed by atoms with Gasteiger partial charge in [0.1, 0.15) is 5.82 Å². The Morgan fingerprint density at radius 2 is 1.85 bits per heavy atom. The average Bonchev–Trinajstić information content (AvgIpc) is 3.23. The second kappa shape index (κ2) is 4.63. The van der Waals surface area contributed by atoms with Crippen LogP contribution in [-0.2, 0) is 5.54 Å². The minimum Gasteiger partial charge on any atom is -0.478 e. The van der Waals surface area contributed by atoms with Gasteiger partial charge in [0.25, 0.3) is 0 Å². The second-order valence-corrected chi connectivity index (χ2v) is 5.07. The average molecular weight is 271 g/mol. The van der Waals surface area contributed by atoms with Crippen LogP contribution < -0.4 is 5.32 Å². The van der Waals surface area contributed by atoms with Crippen LogP contribution in [0, 0.1) is 5.82 Å². The number of carboxylic acid groups (broad SMARTS) is 1. The second-order valence-electron chi connectivity index (χ2n) is 5.07. The molecule has 20 heavy (non-hydrogen) atoms. The Hall–Kier alpha value is -2.36. The summed E-state index contributed by atoms with van der Waals surface area (Å²) >= 11 is 0. The molecule has 2 aromatic carbocycles. The molecule has 0 atom stereocenters. The fourth-order valence-corrected chi connectivity index (χ4v) is 2.38. The van der Waals surface area contributed by atoms with E-state index in [2.05, 4.69) is 5.32 Å². The maximum absolute atomic E-state index is 13.9. The molecule has 1 aliphatic carbocycles. The Balaban J connectivity index is 1.92. The highest BCUT2D eigenvalue weighted by Gasteiger charge is 2.44. The van der Waals surface area contributed by atoms with Crippen molar-refractivity contribution in [3.8, 4) is 0 Å². The molecule has 1 saturated carbocycles. The predicted molar refractivity (Wildman–Crippen MR) is 74.3 cm³/mol. The van der Waals surface area contributed by atoms with Gasteiger partial charge >= 0.3 is 5.97 Å². The van der Waals surface area contributed by atoms with Crippen molar-refractivity contribution in [2.45, 2.75) is 18.4 Å².